The second-order valence-corrected chi connectivity index (χ2v) is 5.72. The van der Waals surface area contributed by atoms with Gasteiger partial charge in [0.05, 0.1) is 13.2 Å². The molecule has 0 aromatic rings. The number of carbonyl (C=O) groups excluding carboxylic acids is 2. The minimum absolute atomic E-state index is 0.163. The van der Waals surface area contributed by atoms with E-state index >= 15 is 0 Å². The van der Waals surface area contributed by atoms with Crippen molar-refractivity contribution in [2.45, 2.75) is 27.2 Å². The molecule has 0 heterocycles. The Hall–Kier alpha value is -1.63. The highest BCUT2D eigenvalue weighted by molar-refractivity contribution is 5.86. The summed E-state index contributed by atoms with van der Waals surface area (Å²) in [5, 5.41) is 11.2. The Morgan fingerprint density at radius 3 is 2.30 bits per heavy atom. The number of nitrogens with zero attached hydrogens (tertiary/aromatic N) is 1. The van der Waals surface area contributed by atoms with E-state index in [0.717, 1.165) is 4.90 Å². The van der Waals surface area contributed by atoms with Gasteiger partial charge in [-0.2, -0.15) is 0 Å². The summed E-state index contributed by atoms with van der Waals surface area (Å²) in [5.41, 5.74) is -0.163. The summed E-state index contributed by atoms with van der Waals surface area (Å²) in [6.07, 6.45) is 0.303. The van der Waals surface area contributed by atoms with Gasteiger partial charge in [0.2, 0.25) is 11.8 Å². The Kier molecular flexibility index (Phi) is 7.83. The molecule has 0 aromatic heterocycles. The molecule has 7 nitrogen and oxygen atoms in total. The molecule has 0 fully saturated rings. The van der Waals surface area contributed by atoms with Crippen LogP contribution in [-0.2, 0) is 19.1 Å². The molecule has 0 aliphatic heterocycles. The van der Waals surface area contributed by atoms with Crippen molar-refractivity contribution in [1.82, 2.24) is 10.2 Å². The molecule has 0 unspecified atom stereocenters. The summed E-state index contributed by atoms with van der Waals surface area (Å²) in [7, 11) is 1.47. The van der Waals surface area contributed by atoms with Crippen LogP contribution in [0.4, 0.5) is 0 Å². The first-order valence-corrected chi connectivity index (χ1v) is 6.41. The van der Waals surface area contributed by atoms with Crippen LogP contribution >= 0.6 is 0 Å². The van der Waals surface area contributed by atoms with Crippen LogP contribution in [0.2, 0.25) is 0 Å². The van der Waals surface area contributed by atoms with Crippen LogP contribution in [-0.4, -0.2) is 61.1 Å². The van der Waals surface area contributed by atoms with Gasteiger partial charge in [-0.1, -0.05) is 20.8 Å². The number of hydrogen-bond donors (Lipinski definition) is 2. The molecule has 2 amide bonds. The number of aliphatic carboxylic acids is 1. The molecule has 20 heavy (non-hydrogen) atoms. The highest BCUT2D eigenvalue weighted by atomic mass is 16.5. The quantitative estimate of drug-likeness (QED) is 0.660. The maximum atomic E-state index is 11.8. The van der Waals surface area contributed by atoms with Crippen molar-refractivity contribution in [3.8, 4) is 0 Å². The molecule has 0 rings (SSSR count). The molecule has 0 bridgehead atoms. The van der Waals surface area contributed by atoms with Gasteiger partial charge in [0, 0.05) is 20.1 Å². The smallest absolute Gasteiger partial charge is 0.323 e. The standard InChI is InChI=1S/C13H24N2O5/c1-13(2,3)7-10(16)14-8-11(17)15(5-6-20-4)9-12(18)19/h5-9H2,1-4H3,(H,14,16)(H,18,19). The van der Waals surface area contributed by atoms with Crippen molar-refractivity contribution < 1.29 is 24.2 Å². The summed E-state index contributed by atoms with van der Waals surface area (Å²) >= 11 is 0. The van der Waals surface area contributed by atoms with E-state index in [1.54, 1.807) is 0 Å². The fraction of sp³-hybridized carbons (Fsp3) is 0.769. The van der Waals surface area contributed by atoms with Gasteiger partial charge < -0.3 is 20.1 Å². The van der Waals surface area contributed by atoms with Crippen LogP contribution in [0.3, 0.4) is 0 Å². The van der Waals surface area contributed by atoms with E-state index in [4.69, 9.17) is 9.84 Å². The van der Waals surface area contributed by atoms with E-state index < -0.39 is 18.4 Å². The molecule has 2 N–H and O–H groups in total. The Balaban J connectivity index is 4.31. The van der Waals surface area contributed by atoms with Crippen LogP contribution in [0.1, 0.15) is 27.2 Å². The average molecular weight is 288 g/mol. The maximum Gasteiger partial charge on any atom is 0.323 e. The first-order chi connectivity index (χ1) is 9.15. The first kappa shape index (κ1) is 18.4. The lowest BCUT2D eigenvalue weighted by Gasteiger charge is -2.21. The number of hydrogen-bond acceptors (Lipinski definition) is 4. The highest BCUT2D eigenvalue weighted by Crippen LogP contribution is 2.17. The Morgan fingerprint density at radius 2 is 1.85 bits per heavy atom. The zero-order valence-electron chi connectivity index (χ0n) is 12.6. The number of nitrogens with one attached hydrogen (secondary N) is 1. The van der Waals surface area contributed by atoms with Gasteiger partial charge >= 0.3 is 5.97 Å². The number of amides is 2. The number of carbonyl (C=O) groups is 3. The third-order valence-corrected chi connectivity index (χ3v) is 2.37. The van der Waals surface area contributed by atoms with Gasteiger partial charge in [0.15, 0.2) is 0 Å². The fourth-order valence-electron chi connectivity index (χ4n) is 1.49. The molecule has 0 saturated heterocycles. The molecule has 116 valence electrons. The Morgan fingerprint density at radius 1 is 1.25 bits per heavy atom. The van der Waals surface area contributed by atoms with Crippen molar-refractivity contribution in [1.29, 1.82) is 0 Å². The van der Waals surface area contributed by atoms with Crippen LogP contribution < -0.4 is 5.32 Å². The SMILES string of the molecule is COCCN(CC(=O)O)C(=O)CNC(=O)CC(C)(C)C. The third kappa shape index (κ3) is 9.32. The average Bonchev–Trinajstić information content (AvgIpc) is 2.28. The van der Waals surface area contributed by atoms with Gasteiger partial charge in [0.25, 0.3) is 0 Å². The molecule has 0 saturated carbocycles. The summed E-state index contributed by atoms with van der Waals surface area (Å²) in [6.45, 7) is 5.58. The topological polar surface area (TPSA) is 95.9 Å². The van der Waals surface area contributed by atoms with Crippen molar-refractivity contribution >= 4 is 17.8 Å². The van der Waals surface area contributed by atoms with Gasteiger partial charge in [-0.15, -0.1) is 0 Å². The number of rotatable bonds is 8. The van der Waals surface area contributed by atoms with Gasteiger partial charge in [0.1, 0.15) is 6.54 Å². The Labute approximate surface area is 119 Å². The van der Waals surface area contributed by atoms with Crippen molar-refractivity contribution in [3.63, 3.8) is 0 Å². The molecule has 0 radical (unpaired) electrons. The van der Waals surface area contributed by atoms with Crippen LogP contribution in [0.25, 0.3) is 0 Å². The number of methoxy groups -OCH3 is 1. The molecule has 0 aliphatic carbocycles. The first-order valence-electron chi connectivity index (χ1n) is 6.41. The van der Waals surface area contributed by atoms with E-state index in [9.17, 15) is 14.4 Å². The normalized spacial score (nSPS) is 11.0. The molecule has 0 atom stereocenters. The van der Waals surface area contributed by atoms with E-state index in [1.165, 1.54) is 7.11 Å². The van der Waals surface area contributed by atoms with E-state index in [-0.39, 0.29) is 31.0 Å². The largest absolute Gasteiger partial charge is 0.480 e. The summed E-state index contributed by atoms with van der Waals surface area (Å²) < 4.78 is 4.82. The van der Waals surface area contributed by atoms with Crippen LogP contribution in [0.15, 0.2) is 0 Å². The fourth-order valence-corrected chi connectivity index (χ4v) is 1.49. The lowest BCUT2D eigenvalue weighted by atomic mass is 9.92. The second kappa shape index (κ2) is 8.52. The third-order valence-electron chi connectivity index (χ3n) is 2.37. The monoisotopic (exact) mass is 288 g/mol. The van der Waals surface area contributed by atoms with E-state index in [1.807, 2.05) is 20.8 Å². The molecule has 0 aromatic carbocycles. The van der Waals surface area contributed by atoms with Crippen LogP contribution in [0, 0.1) is 5.41 Å². The minimum atomic E-state index is -1.10. The van der Waals surface area contributed by atoms with E-state index in [2.05, 4.69) is 5.32 Å². The number of carboxylic acid groups (broad SMARTS) is 1. The zero-order valence-corrected chi connectivity index (χ0v) is 12.6. The van der Waals surface area contributed by atoms with E-state index in [0.29, 0.717) is 6.42 Å². The van der Waals surface area contributed by atoms with Gasteiger partial charge in [-0.3, -0.25) is 14.4 Å². The number of carboxylic acids is 1. The van der Waals surface area contributed by atoms with Gasteiger partial charge in [-0.25, -0.2) is 0 Å². The summed E-state index contributed by atoms with van der Waals surface area (Å²) in [5.74, 6) is -1.77. The lowest BCUT2D eigenvalue weighted by Crippen LogP contribution is -2.44. The van der Waals surface area contributed by atoms with Crippen LogP contribution in [0.5, 0.6) is 0 Å². The number of ether oxygens (including phenoxy) is 1. The lowest BCUT2D eigenvalue weighted by molar-refractivity contribution is -0.144. The van der Waals surface area contributed by atoms with Gasteiger partial charge in [-0.05, 0) is 5.41 Å². The van der Waals surface area contributed by atoms with Crippen molar-refractivity contribution in [3.05, 3.63) is 0 Å². The second-order valence-electron chi connectivity index (χ2n) is 5.72. The molecule has 0 spiro atoms. The molecule has 7 heteroatoms. The predicted molar refractivity (Wildman–Crippen MR) is 73.2 cm³/mol. The Bertz CT molecular complexity index is 349. The van der Waals surface area contributed by atoms with Crippen molar-refractivity contribution in [2.24, 2.45) is 5.41 Å². The highest BCUT2D eigenvalue weighted by Gasteiger charge is 2.19. The van der Waals surface area contributed by atoms with Crippen molar-refractivity contribution in [2.75, 3.05) is 33.4 Å². The summed E-state index contributed by atoms with van der Waals surface area (Å²) in [4.78, 5) is 35.3. The molecule has 0 aliphatic rings. The molecular weight excluding hydrogens is 264 g/mol. The minimum Gasteiger partial charge on any atom is -0.480 e. The molecular formula is C13H24N2O5. The maximum absolute atomic E-state index is 11.8. The zero-order chi connectivity index (χ0) is 15.8. The predicted octanol–water partition coefficient (Wildman–Crippen LogP) is 0.0984. The summed E-state index contributed by atoms with van der Waals surface area (Å²) in [6, 6.07) is 0.